The number of rotatable bonds is 13. The van der Waals surface area contributed by atoms with Gasteiger partial charge < -0.3 is 26.6 Å². The minimum absolute atomic E-state index is 0.0348. The summed E-state index contributed by atoms with van der Waals surface area (Å²) in [4.78, 5) is 83.0. The van der Waals surface area contributed by atoms with E-state index in [2.05, 4.69) is 27.5 Å². The molecule has 43 heavy (non-hydrogen) atoms. The fourth-order valence-electron chi connectivity index (χ4n) is 6.17. The first-order valence-electron chi connectivity index (χ1n) is 14.9. The van der Waals surface area contributed by atoms with Crippen molar-refractivity contribution in [3.63, 3.8) is 0 Å². The van der Waals surface area contributed by atoms with Gasteiger partial charge in [0.05, 0.1) is 12.6 Å². The largest absolute Gasteiger partial charge is 0.363 e. The minimum Gasteiger partial charge on any atom is -0.363 e. The summed E-state index contributed by atoms with van der Waals surface area (Å²) in [6, 6.07) is -2.94. The summed E-state index contributed by atoms with van der Waals surface area (Å²) >= 11 is 0. The molecule has 0 spiro atoms. The lowest BCUT2D eigenvalue weighted by Crippen LogP contribution is -2.61. The van der Waals surface area contributed by atoms with E-state index in [1.807, 2.05) is 13.8 Å². The average Bonchev–Trinajstić information content (AvgIpc) is 3.22. The molecule has 2 saturated carbocycles. The van der Waals surface area contributed by atoms with Crippen molar-refractivity contribution < 1.29 is 28.8 Å². The van der Waals surface area contributed by atoms with Crippen LogP contribution in [0.4, 0.5) is 0 Å². The zero-order chi connectivity index (χ0) is 32.3. The number of aliphatic imine (C=N–C) groups is 1. The molecule has 236 valence electrons. The number of hydrogen-bond acceptors (Lipinski definition) is 7. The van der Waals surface area contributed by atoms with Gasteiger partial charge in [-0.3, -0.25) is 33.8 Å². The Kier molecular flexibility index (Phi) is 10.3. The number of likely N-dealkylation sites (tertiary alicyclic amines) is 1. The van der Waals surface area contributed by atoms with Crippen LogP contribution in [-0.4, -0.2) is 77.1 Å². The van der Waals surface area contributed by atoms with Crippen molar-refractivity contribution >= 4 is 41.0 Å². The van der Waals surface area contributed by atoms with Crippen LogP contribution in [0.15, 0.2) is 29.9 Å². The topological polar surface area (TPSA) is 180 Å². The number of ketones is 1. The third-order valence-corrected chi connectivity index (χ3v) is 9.05. The van der Waals surface area contributed by atoms with Gasteiger partial charge in [0.15, 0.2) is 0 Å². The Morgan fingerprint density at radius 1 is 1.12 bits per heavy atom. The molecule has 0 bridgehead atoms. The van der Waals surface area contributed by atoms with Crippen molar-refractivity contribution in [3.05, 3.63) is 24.9 Å². The maximum absolute atomic E-state index is 14.1. The number of fused-ring (bicyclic) bond motifs is 1. The highest BCUT2D eigenvalue weighted by Crippen LogP contribution is 2.65. The van der Waals surface area contributed by atoms with Gasteiger partial charge in [0.2, 0.25) is 23.5 Å². The standard InChI is InChI=1S/C31H46N6O6/c1-8-13-33-19(9-2)27(41)34-15-21(38)36-25(30(3,4)5)29(43)37-16-18-22(31(18,6)7)23(37)28(42)35-20(24(39)26(32)40)14-17-11-10-12-17/h8-9,13,17-18,20,22-23,25H,2,10-12,14-16H2,1,3-7H3,(H2,32,40)(H,34,41)(H,35,42)(H,36,38)/b13-8-,33-19?/t18-,20?,22-,23-,25+/m0/s1. The van der Waals surface area contributed by atoms with Gasteiger partial charge in [-0.2, -0.15) is 0 Å². The molecule has 3 fully saturated rings. The highest BCUT2D eigenvalue weighted by molar-refractivity contribution is 6.43. The summed E-state index contributed by atoms with van der Waals surface area (Å²) < 4.78 is 0. The maximum atomic E-state index is 14.1. The van der Waals surface area contributed by atoms with Gasteiger partial charge in [-0.25, -0.2) is 0 Å². The molecule has 1 saturated heterocycles. The second-order valence-electron chi connectivity index (χ2n) is 13.5. The Labute approximate surface area is 253 Å². The highest BCUT2D eigenvalue weighted by Gasteiger charge is 2.70. The van der Waals surface area contributed by atoms with Gasteiger partial charge in [0, 0.05) is 12.7 Å². The lowest BCUT2D eigenvalue weighted by Gasteiger charge is -2.38. The highest BCUT2D eigenvalue weighted by atomic mass is 16.2. The van der Waals surface area contributed by atoms with Gasteiger partial charge >= 0.3 is 0 Å². The van der Waals surface area contributed by atoms with Crippen molar-refractivity contribution in [1.29, 1.82) is 0 Å². The van der Waals surface area contributed by atoms with Crippen molar-refractivity contribution in [3.8, 4) is 0 Å². The third-order valence-electron chi connectivity index (χ3n) is 9.05. The number of carbonyl (C=O) groups excluding carboxylic acids is 6. The second kappa shape index (κ2) is 13.2. The van der Waals surface area contributed by atoms with Gasteiger partial charge in [0.25, 0.3) is 11.8 Å². The molecule has 5 N–H and O–H groups in total. The summed E-state index contributed by atoms with van der Waals surface area (Å²) in [6.07, 6.45) is 7.52. The maximum Gasteiger partial charge on any atom is 0.287 e. The number of nitrogens with two attached hydrogens (primary N) is 1. The first kappa shape index (κ1) is 33.7. The Bertz CT molecular complexity index is 1230. The van der Waals surface area contributed by atoms with E-state index in [0.717, 1.165) is 19.3 Å². The third kappa shape index (κ3) is 7.58. The number of nitrogens with zero attached hydrogens (tertiary/aromatic N) is 2. The molecule has 3 rings (SSSR count). The van der Waals surface area contributed by atoms with Crippen LogP contribution in [0.1, 0.15) is 67.2 Å². The summed E-state index contributed by atoms with van der Waals surface area (Å²) in [5.74, 6) is -3.94. The molecular weight excluding hydrogens is 552 g/mol. The van der Waals surface area contributed by atoms with Crippen LogP contribution in [0, 0.1) is 28.6 Å². The number of nitrogens with one attached hydrogen (secondary N) is 3. The Morgan fingerprint density at radius 2 is 1.77 bits per heavy atom. The van der Waals surface area contributed by atoms with E-state index >= 15 is 0 Å². The Balaban J connectivity index is 1.77. The van der Waals surface area contributed by atoms with E-state index in [1.54, 1.807) is 33.8 Å². The van der Waals surface area contributed by atoms with Gasteiger partial charge in [-0.15, -0.1) is 0 Å². The quantitative estimate of drug-likeness (QED) is 0.181. The molecule has 1 heterocycles. The van der Waals surface area contributed by atoms with E-state index in [-0.39, 0.29) is 28.9 Å². The first-order chi connectivity index (χ1) is 20.0. The molecule has 1 unspecified atom stereocenters. The number of allylic oxidation sites excluding steroid dienone is 1. The minimum atomic E-state index is -1.11. The summed E-state index contributed by atoms with van der Waals surface area (Å²) in [6.45, 7) is 14.7. The fourth-order valence-corrected chi connectivity index (χ4v) is 6.17. The number of carbonyl (C=O) groups is 6. The number of amides is 5. The van der Waals surface area contributed by atoms with Crippen LogP contribution in [0.25, 0.3) is 0 Å². The van der Waals surface area contributed by atoms with Crippen LogP contribution < -0.4 is 21.7 Å². The fraction of sp³-hybridized carbons (Fsp3) is 0.645. The second-order valence-corrected chi connectivity index (χ2v) is 13.5. The molecule has 12 heteroatoms. The molecule has 12 nitrogen and oxygen atoms in total. The van der Waals surface area contributed by atoms with E-state index < -0.39 is 65.4 Å². The first-order valence-corrected chi connectivity index (χ1v) is 14.9. The molecule has 2 aliphatic carbocycles. The number of hydrogen-bond donors (Lipinski definition) is 4. The summed E-state index contributed by atoms with van der Waals surface area (Å²) in [7, 11) is 0. The molecular formula is C31H46N6O6. The predicted octanol–water partition coefficient (Wildman–Crippen LogP) is 1.01. The van der Waals surface area contributed by atoms with E-state index in [4.69, 9.17) is 5.73 Å². The van der Waals surface area contributed by atoms with Crippen LogP contribution in [0.3, 0.4) is 0 Å². The molecule has 3 aliphatic rings. The van der Waals surface area contributed by atoms with Crippen molar-refractivity contribution in [2.24, 2.45) is 39.3 Å². The van der Waals surface area contributed by atoms with Gasteiger partial charge in [-0.1, -0.05) is 66.5 Å². The molecule has 0 aromatic heterocycles. The average molecular weight is 599 g/mol. The Morgan fingerprint density at radius 3 is 2.28 bits per heavy atom. The van der Waals surface area contributed by atoms with E-state index in [9.17, 15) is 28.8 Å². The molecule has 5 amide bonds. The summed E-state index contributed by atoms with van der Waals surface area (Å²) in [5.41, 5.74) is 4.39. The number of Topliss-reactive ketones (excluding diaryl/α,β-unsaturated/α-hetero) is 1. The number of primary amides is 1. The van der Waals surface area contributed by atoms with E-state index in [0.29, 0.717) is 13.0 Å². The van der Waals surface area contributed by atoms with Crippen molar-refractivity contribution in [1.82, 2.24) is 20.9 Å². The normalized spacial score (nSPS) is 24.3. The smallest absolute Gasteiger partial charge is 0.287 e. The van der Waals surface area contributed by atoms with Gasteiger partial charge in [-0.05, 0) is 48.0 Å². The molecule has 0 aromatic carbocycles. The van der Waals surface area contributed by atoms with Crippen molar-refractivity contribution in [2.75, 3.05) is 13.1 Å². The molecule has 0 radical (unpaired) electrons. The molecule has 0 aromatic rings. The van der Waals surface area contributed by atoms with Crippen LogP contribution in [0.5, 0.6) is 0 Å². The van der Waals surface area contributed by atoms with E-state index in [1.165, 1.54) is 17.2 Å². The number of piperidine rings is 1. The van der Waals surface area contributed by atoms with Crippen LogP contribution in [-0.2, 0) is 28.8 Å². The van der Waals surface area contributed by atoms with Gasteiger partial charge in [0.1, 0.15) is 17.8 Å². The lowest BCUT2D eigenvalue weighted by molar-refractivity contribution is -0.146. The van der Waals surface area contributed by atoms with Crippen LogP contribution >= 0.6 is 0 Å². The lowest BCUT2D eigenvalue weighted by atomic mass is 9.80. The SMILES string of the molecule is C=CC(=N/C=C\C)C(=O)NCC(=O)N[C@H](C(=O)N1C[C@H]2[C@@H]([C@H]1C(=O)NC(CC1CCC1)C(=O)C(N)=O)C2(C)C)C(C)(C)C. The molecule has 1 aliphatic heterocycles. The van der Waals surface area contributed by atoms with Crippen molar-refractivity contribution in [2.45, 2.75) is 85.4 Å². The zero-order valence-corrected chi connectivity index (χ0v) is 26.1. The molecule has 5 atom stereocenters. The predicted molar refractivity (Wildman–Crippen MR) is 161 cm³/mol. The summed E-state index contributed by atoms with van der Waals surface area (Å²) in [5, 5.41) is 7.98. The Hall–Kier alpha value is -3.83. The van der Waals surface area contributed by atoms with Crippen LogP contribution in [0.2, 0.25) is 0 Å². The zero-order valence-electron chi connectivity index (χ0n) is 26.1. The monoisotopic (exact) mass is 598 g/mol.